The molecular formula is C11H23N3OS. The molecule has 1 fully saturated rings. The second-order valence-corrected chi connectivity index (χ2v) is 5.32. The minimum atomic E-state index is 0.0330. The normalized spacial score (nSPS) is 22.1. The van der Waals surface area contributed by atoms with E-state index in [1.807, 2.05) is 25.9 Å². The summed E-state index contributed by atoms with van der Waals surface area (Å²) in [6.45, 7) is 3.80. The Bertz CT molecular complexity index is 223. The summed E-state index contributed by atoms with van der Waals surface area (Å²) in [4.78, 5) is 16.0. The van der Waals surface area contributed by atoms with Gasteiger partial charge in [0, 0.05) is 33.7 Å². The molecule has 16 heavy (non-hydrogen) atoms. The maximum atomic E-state index is 12.0. The monoisotopic (exact) mass is 245 g/mol. The number of nitrogens with one attached hydrogen (secondary N) is 1. The van der Waals surface area contributed by atoms with Crippen LogP contribution in [0.2, 0.25) is 0 Å². The maximum absolute atomic E-state index is 12.0. The van der Waals surface area contributed by atoms with Crippen molar-refractivity contribution in [2.45, 2.75) is 12.5 Å². The highest BCUT2D eigenvalue weighted by molar-refractivity contribution is 7.98. The number of amides is 1. The van der Waals surface area contributed by atoms with Crippen molar-refractivity contribution in [2.75, 3.05) is 52.3 Å². The van der Waals surface area contributed by atoms with E-state index in [1.54, 1.807) is 4.90 Å². The van der Waals surface area contributed by atoms with Crippen LogP contribution in [0.4, 0.5) is 0 Å². The smallest absolute Gasteiger partial charge is 0.240 e. The van der Waals surface area contributed by atoms with Gasteiger partial charge in [0.05, 0.1) is 0 Å². The fourth-order valence-corrected chi connectivity index (χ4v) is 2.39. The molecule has 1 aliphatic heterocycles. The molecule has 1 rings (SSSR count). The Labute approximate surface area is 103 Å². The van der Waals surface area contributed by atoms with E-state index < -0.39 is 0 Å². The molecular weight excluding hydrogens is 222 g/mol. The summed E-state index contributed by atoms with van der Waals surface area (Å²) in [5.74, 6) is 1.39. The van der Waals surface area contributed by atoms with Gasteiger partial charge in [-0.05, 0) is 25.0 Å². The quantitative estimate of drug-likeness (QED) is 0.697. The van der Waals surface area contributed by atoms with E-state index in [9.17, 15) is 4.79 Å². The molecule has 0 aliphatic carbocycles. The molecule has 94 valence electrons. The fraction of sp³-hybridized carbons (Fsp3) is 0.909. The van der Waals surface area contributed by atoms with Gasteiger partial charge in [0.25, 0.3) is 0 Å². The van der Waals surface area contributed by atoms with Gasteiger partial charge in [-0.15, -0.1) is 0 Å². The van der Waals surface area contributed by atoms with Crippen molar-refractivity contribution < 1.29 is 4.79 Å². The van der Waals surface area contributed by atoms with Gasteiger partial charge >= 0.3 is 0 Å². The lowest BCUT2D eigenvalue weighted by molar-refractivity contribution is -0.135. The minimum absolute atomic E-state index is 0.0330. The van der Waals surface area contributed by atoms with E-state index >= 15 is 0 Å². The molecule has 0 aromatic heterocycles. The molecule has 1 saturated heterocycles. The Morgan fingerprint density at radius 2 is 2.31 bits per heavy atom. The summed E-state index contributed by atoms with van der Waals surface area (Å²) in [5, 5.41) is 3.30. The Morgan fingerprint density at radius 1 is 1.56 bits per heavy atom. The molecule has 5 heteroatoms. The van der Waals surface area contributed by atoms with Crippen LogP contribution in [0, 0.1) is 0 Å². The van der Waals surface area contributed by atoms with Gasteiger partial charge < -0.3 is 10.2 Å². The van der Waals surface area contributed by atoms with Crippen molar-refractivity contribution >= 4 is 17.7 Å². The van der Waals surface area contributed by atoms with Crippen LogP contribution in [0.3, 0.4) is 0 Å². The number of hydrogen-bond donors (Lipinski definition) is 1. The Hall–Kier alpha value is -0.260. The molecule has 4 nitrogen and oxygen atoms in total. The fourth-order valence-electron chi connectivity index (χ4n) is 1.97. The summed E-state index contributed by atoms with van der Waals surface area (Å²) in [7, 11) is 3.66. The standard InChI is InChI=1S/C11H23N3OS/c1-13(2)11(15)10-9-12-5-7-14(10)6-4-8-16-3/h10,12H,4-9H2,1-3H3. The number of likely N-dealkylation sites (N-methyl/N-ethyl adjacent to an activating group) is 1. The highest BCUT2D eigenvalue weighted by atomic mass is 32.2. The molecule has 0 spiro atoms. The summed E-state index contributed by atoms with van der Waals surface area (Å²) >= 11 is 1.87. The predicted molar refractivity (Wildman–Crippen MR) is 69.9 cm³/mol. The molecule has 1 unspecified atom stereocenters. The molecule has 1 amide bonds. The number of thioether (sulfide) groups is 1. The average Bonchev–Trinajstić information content (AvgIpc) is 2.29. The second kappa shape index (κ2) is 7.14. The van der Waals surface area contributed by atoms with Crippen LogP contribution in [0.5, 0.6) is 0 Å². The van der Waals surface area contributed by atoms with Gasteiger partial charge in [-0.2, -0.15) is 11.8 Å². The minimum Gasteiger partial charge on any atom is -0.347 e. The third kappa shape index (κ3) is 3.96. The van der Waals surface area contributed by atoms with Crippen molar-refractivity contribution in [3.8, 4) is 0 Å². The zero-order valence-corrected chi connectivity index (χ0v) is 11.3. The molecule has 0 aromatic carbocycles. The number of rotatable bonds is 5. The Balaban J connectivity index is 2.46. The van der Waals surface area contributed by atoms with Crippen LogP contribution in [0.15, 0.2) is 0 Å². The molecule has 0 radical (unpaired) electrons. The maximum Gasteiger partial charge on any atom is 0.240 e. The van der Waals surface area contributed by atoms with E-state index in [4.69, 9.17) is 0 Å². The second-order valence-electron chi connectivity index (χ2n) is 4.33. The Kier molecular flexibility index (Phi) is 6.16. The molecule has 0 bridgehead atoms. The molecule has 1 heterocycles. The third-order valence-corrected chi connectivity index (χ3v) is 3.57. The van der Waals surface area contributed by atoms with Crippen LogP contribution in [0.1, 0.15) is 6.42 Å². The number of carbonyl (C=O) groups excluding carboxylic acids is 1. The zero-order chi connectivity index (χ0) is 12.0. The number of nitrogens with zero attached hydrogens (tertiary/aromatic N) is 2. The summed E-state index contributed by atoms with van der Waals surface area (Å²) in [6, 6.07) is 0.0330. The van der Waals surface area contributed by atoms with E-state index in [-0.39, 0.29) is 11.9 Å². The summed E-state index contributed by atoms with van der Waals surface area (Å²) < 4.78 is 0. The van der Waals surface area contributed by atoms with Crippen molar-refractivity contribution in [3.05, 3.63) is 0 Å². The van der Waals surface area contributed by atoms with Crippen molar-refractivity contribution in [2.24, 2.45) is 0 Å². The molecule has 1 aliphatic rings. The predicted octanol–water partition coefficient (Wildman–Crippen LogP) is 0.102. The summed E-state index contributed by atoms with van der Waals surface area (Å²) in [6.07, 6.45) is 3.29. The zero-order valence-electron chi connectivity index (χ0n) is 10.5. The lowest BCUT2D eigenvalue weighted by Crippen LogP contribution is -2.57. The van der Waals surface area contributed by atoms with E-state index in [2.05, 4.69) is 16.5 Å². The highest BCUT2D eigenvalue weighted by Crippen LogP contribution is 2.08. The average molecular weight is 245 g/mol. The highest BCUT2D eigenvalue weighted by Gasteiger charge is 2.28. The molecule has 0 aromatic rings. The molecule has 1 atom stereocenters. The first-order valence-corrected chi connectivity index (χ1v) is 7.21. The Morgan fingerprint density at radius 3 is 2.94 bits per heavy atom. The van der Waals surface area contributed by atoms with Crippen LogP contribution < -0.4 is 5.32 Å². The number of hydrogen-bond acceptors (Lipinski definition) is 4. The van der Waals surface area contributed by atoms with Gasteiger partial charge in [0.2, 0.25) is 5.91 Å². The van der Waals surface area contributed by atoms with Crippen molar-refractivity contribution in [1.82, 2.24) is 15.1 Å². The van der Waals surface area contributed by atoms with E-state index in [1.165, 1.54) is 12.2 Å². The number of carbonyl (C=O) groups is 1. The lowest BCUT2D eigenvalue weighted by Gasteiger charge is -2.36. The van der Waals surface area contributed by atoms with Gasteiger partial charge in [0.1, 0.15) is 6.04 Å². The summed E-state index contributed by atoms with van der Waals surface area (Å²) in [5.41, 5.74) is 0. The van der Waals surface area contributed by atoms with Crippen molar-refractivity contribution in [1.29, 1.82) is 0 Å². The molecule has 1 N–H and O–H groups in total. The van der Waals surface area contributed by atoms with Gasteiger partial charge in [-0.3, -0.25) is 9.69 Å². The third-order valence-electron chi connectivity index (χ3n) is 2.87. The number of piperazine rings is 1. The SMILES string of the molecule is CSCCCN1CCNCC1C(=O)N(C)C. The molecule has 0 saturated carbocycles. The van der Waals surface area contributed by atoms with E-state index in [0.29, 0.717) is 0 Å². The largest absolute Gasteiger partial charge is 0.347 e. The first-order chi connectivity index (χ1) is 7.66. The first kappa shape index (κ1) is 13.8. The van der Waals surface area contributed by atoms with Gasteiger partial charge in [0.15, 0.2) is 0 Å². The van der Waals surface area contributed by atoms with Gasteiger partial charge in [-0.25, -0.2) is 0 Å². The van der Waals surface area contributed by atoms with Crippen LogP contribution >= 0.6 is 11.8 Å². The topological polar surface area (TPSA) is 35.6 Å². The van der Waals surface area contributed by atoms with Gasteiger partial charge in [-0.1, -0.05) is 0 Å². The van der Waals surface area contributed by atoms with Crippen LogP contribution in [-0.2, 0) is 4.79 Å². The van der Waals surface area contributed by atoms with E-state index in [0.717, 1.165) is 26.2 Å². The lowest BCUT2D eigenvalue weighted by atomic mass is 10.1. The van der Waals surface area contributed by atoms with Crippen LogP contribution in [0.25, 0.3) is 0 Å². The van der Waals surface area contributed by atoms with Crippen molar-refractivity contribution in [3.63, 3.8) is 0 Å². The first-order valence-electron chi connectivity index (χ1n) is 5.81. The van der Waals surface area contributed by atoms with Crippen LogP contribution in [-0.4, -0.2) is 74.0 Å².